The van der Waals surface area contributed by atoms with E-state index in [0.717, 1.165) is 0 Å². The summed E-state index contributed by atoms with van der Waals surface area (Å²) in [6.45, 7) is 23.8. The van der Waals surface area contributed by atoms with Gasteiger partial charge in [-0.05, 0) is 0 Å². The molecule has 6 radical (unpaired) electrons. The molecule has 0 aliphatic rings. The molecule has 0 saturated carbocycles. The van der Waals surface area contributed by atoms with Gasteiger partial charge in [0.05, 0.1) is 13.2 Å². The van der Waals surface area contributed by atoms with E-state index >= 15 is 0 Å². The van der Waals surface area contributed by atoms with Gasteiger partial charge < -0.3 is 62.8 Å². The van der Waals surface area contributed by atoms with Crippen LogP contribution in [0.2, 0.25) is 5.76 Å². The summed E-state index contributed by atoms with van der Waals surface area (Å²) in [4.78, 5) is 0. The van der Waals surface area contributed by atoms with E-state index in [1.54, 1.807) is 7.11 Å². The van der Waals surface area contributed by atoms with Crippen LogP contribution in [0, 0.1) is 5.92 Å². The van der Waals surface area contributed by atoms with Crippen molar-refractivity contribution in [3.05, 3.63) is 0 Å². The molecule has 0 aromatic rings. The molecule has 0 aromatic carbocycles. The van der Waals surface area contributed by atoms with Crippen molar-refractivity contribution in [1.82, 2.24) is 0 Å². The maximum absolute atomic E-state index is 8.77. The quantitative estimate of drug-likeness (QED) is 0.0250. The normalized spacial score (nSPS) is 9.20. The molecule has 0 fully saturated rings. The van der Waals surface area contributed by atoms with Crippen LogP contribution >= 0.6 is 0 Å². The predicted molar refractivity (Wildman–Crippen MR) is 547 cm³/mol. The third-order valence-electron chi connectivity index (χ3n) is 9.16. The Bertz CT molecular complexity index is 1200. The van der Waals surface area contributed by atoms with Gasteiger partial charge in [0.1, 0.15) is 0 Å². The van der Waals surface area contributed by atoms with E-state index in [0.29, 0.717) is 211 Å². The average Bonchev–Trinajstić information content (AvgIpc) is 0.997. The molecule has 38 heteroatoms. The Morgan fingerprint density at radius 3 is 0.736 bits per heavy atom. The van der Waals surface area contributed by atoms with Gasteiger partial charge in [0.2, 0.25) is 0 Å². The van der Waals surface area contributed by atoms with Crippen LogP contribution in [0.3, 0.4) is 0 Å². The Morgan fingerprint density at radius 2 is 0.446 bits per heavy atom. The van der Waals surface area contributed by atoms with E-state index < -0.39 is 62.6 Å². The van der Waals surface area contributed by atoms with Gasteiger partial charge in [-0.25, -0.2) is 0 Å². The number of ether oxygens (including phenoxy) is 17. The molecule has 804 valence electrons. The number of aliphatic hydroxyl groups excluding tert-OH is 4. The molecule has 0 spiro atoms. The van der Waals surface area contributed by atoms with Crippen LogP contribution in [0.15, 0.2) is 0 Å². The average molecular weight is 2090 g/mol. The second-order valence-electron chi connectivity index (χ2n) is 16.9. The zero-order valence-electron chi connectivity index (χ0n) is 52.6. The maximum atomic E-state index is 8.77. The van der Waals surface area contributed by atoms with E-state index in [1.807, 2.05) is 40.4 Å². The fourth-order valence-electron chi connectivity index (χ4n) is 5.33. The first-order chi connectivity index (χ1) is 39.6. The summed E-state index contributed by atoms with van der Waals surface area (Å²) in [7, 11) is 1.64. The van der Waals surface area contributed by atoms with Crippen molar-refractivity contribution >= 4 is 62.6 Å². The molecule has 0 amide bonds. The smallest absolute Gasteiger partial charge is 0.412 e. The number of aliphatic hydroxyl groups is 4. The first kappa shape index (κ1) is 279. The summed E-state index contributed by atoms with van der Waals surface area (Å²) in [5, 5.41) is 34.8. The SMILES string of the molecule is C.C.C.C.C.C.C.C.C.C.C.C.C.C.C.C.C.C.C.C.C.C.C.C.C.C.C.C.C.C.C.C.C.C.CC(COCCO)COCOCC[O][Ge]([CH3])[O][Ge][O]CCOCCOC(C)COCCO.COCCOCCOCC(C)OCCOCC[O][Ge]([O]CCOCCOC(C)COCCO)[O][Ge][O]CCOCCOC(C)COCCO.O.O.O.O.O.O. The Morgan fingerprint density at radius 1 is 0.231 bits per heavy atom. The number of hydrogen-bond acceptors (Lipinski definition) is 28. The first-order valence-electron chi connectivity index (χ1n) is 27.6. The zero-order chi connectivity index (χ0) is 59.6. The van der Waals surface area contributed by atoms with Crippen LogP contribution in [0.1, 0.15) is 287 Å². The Kier molecular flexibility index (Phi) is 556. The third kappa shape index (κ3) is 243. The molecule has 0 rings (SSSR count). The molecule has 16 N–H and O–H groups in total. The first-order valence-corrected chi connectivity index (χ1v) is 37.4. The monoisotopic (exact) mass is 2090 g/mol. The van der Waals surface area contributed by atoms with Crippen molar-refractivity contribution in [2.75, 3.05) is 252 Å². The van der Waals surface area contributed by atoms with Gasteiger partial charge in [-0.15, -0.1) is 0 Å². The topological polar surface area (TPSA) is 491 Å². The van der Waals surface area contributed by atoms with Crippen LogP contribution in [0.4, 0.5) is 0 Å². The minimum absolute atomic E-state index is 0. The van der Waals surface area contributed by atoms with Gasteiger partial charge in [-0.3, -0.25) is 0 Å². The van der Waals surface area contributed by atoms with E-state index in [4.69, 9.17) is 125 Å². The van der Waals surface area contributed by atoms with Gasteiger partial charge in [0.15, 0.2) is 0 Å². The molecule has 0 saturated heterocycles. The molecule has 0 aliphatic carbocycles. The summed E-state index contributed by atoms with van der Waals surface area (Å²) in [6.07, 6.45) is -0.250. The van der Waals surface area contributed by atoms with Gasteiger partial charge in [0, 0.05) is 7.11 Å². The van der Waals surface area contributed by atoms with E-state index in [2.05, 4.69) is 0 Å². The molecule has 121 heavy (non-hydrogen) atoms. The van der Waals surface area contributed by atoms with Crippen LogP contribution in [-0.2, 0) is 105 Å². The van der Waals surface area contributed by atoms with E-state index in [1.165, 1.54) is 0 Å². The number of rotatable bonds is 68. The van der Waals surface area contributed by atoms with Crippen LogP contribution < -0.4 is 0 Å². The molecule has 5 unspecified atom stereocenters. The van der Waals surface area contributed by atoms with Gasteiger partial charge in [-0.2, -0.15) is 0 Å². The van der Waals surface area contributed by atoms with E-state index in [-0.39, 0.29) is 349 Å². The van der Waals surface area contributed by atoms with Crippen molar-refractivity contribution in [3.8, 4) is 0 Å². The van der Waals surface area contributed by atoms with Crippen molar-refractivity contribution in [1.29, 1.82) is 0 Å². The van der Waals surface area contributed by atoms with Gasteiger partial charge in [0.25, 0.3) is 0 Å². The molecule has 0 heterocycles. The van der Waals surface area contributed by atoms with Crippen molar-refractivity contribution in [3.63, 3.8) is 0 Å². The molecular weight excluding hydrogens is 1830 g/mol. The van der Waals surface area contributed by atoms with Crippen LogP contribution in [0.25, 0.3) is 0 Å². The fraction of sp³-hybridized carbons (Fsp3) is 1.00. The second-order valence-corrected chi connectivity index (χ2v) is 29.1. The molecule has 0 bridgehead atoms. The van der Waals surface area contributed by atoms with Crippen molar-refractivity contribution in [2.45, 2.75) is 317 Å². The molecular formula is C83H252Ge4O34. The second kappa shape index (κ2) is 241. The van der Waals surface area contributed by atoms with E-state index in [9.17, 15) is 0 Å². The Balaban J connectivity index is -0.0000000200. The predicted octanol–water partition coefficient (Wildman–Crippen LogP) is 16.0. The number of hydrogen-bond donors (Lipinski definition) is 4. The van der Waals surface area contributed by atoms with Gasteiger partial charge in [-0.1, -0.05) is 253 Å². The molecule has 5 atom stereocenters. The van der Waals surface area contributed by atoms with Crippen LogP contribution in [0.5, 0.6) is 0 Å². The summed E-state index contributed by atoms with van der Waals surface area (Å²) in [5.74, 6) is 2.23. The minimum atomic E-state index is -2.78. The standard InChI is InChI=1S/C30H63Ge2O17.C19H41Ge2O11.34CH4.6H2O/c1-28(25-40-7-5-33)43-19-13-37-16-22-46-31-49-32(47-23-17-38-14-20-44-29(2)26-41-8-6-34)48-24-18-39-15-21-45-30(3)27-42-12-11-36-10-9-35-4;1-18(14-25-6-4-22)15-28-17-27-10-13-31-21(3)32-20-30-12-9-24-8-11-29-19(2)16-26-7-5-23;;;;;;;;;;;;;;;;;;;;;;;;;;;;;;;;;;;;;;;;/h28-30,33-34H,5-27H2,1-4H3;18-19,22-23H,4-17H2,1-3H3;34*1H4;6*1H2. The van der Waals surface area contributed by atoms with Crippen molar-refractivity contribution in [2.24, 2.45) is 5.92 Å². The summed E-state index contributed by atoms with van der Waals surface area (Å²) in [5.41, 5.74) is 0. The third-order valence-corrected chi connectivity index (χ3v) is 21.7. The summed E-state index contributed by atoms with van der Waals surface area (Å²) in [6, 6.07) is 0. The fourth-order valence-corrected chi connectivity index (χ4v) is 14.3. The Hall–Kier alpha value is 0.811. The summed E-state index contributed by atoms with van der Waals surface area (Å²) < 4.78 is 132. The van der Waals surface area contributed by atoms with Gasteiger partial charge >= 0.3 is 460 Å². The zero-order valence-corrected chi connectivity index (χ0v) is 61.0. The molecule has 34 nitrogen and oxygen atoms in total. The molecule has 0 aliphatic heterocycles. The number of methoxy groups -OCH3 is 1. The Labute approximate surface area is 791 Å². The summed E-state index contributed by atoms with van der Waals surface area (Å²) >= 11 is -6.89. The van der Waals surface area contributed by atoms with Crippen molar-refractivity contribution < 1.29 is 158 Å². The minimum Gasteiger partial charge on any atom is -0.412 e. The van der Waals surface area contributed by atoms with Crippen LogP contribution in [-0.4, -0.2) is 392 Å². The molecule has 0 aromatic heterocycles.